The van der Waals surface area contributed by atoms with Gasteiger partial charge in [0.05, 0.1) is 0 Å². The van der Waals surface area contributed by atoms with Gasteiger partial charge in [-0.2, -0.15) is 0 Å². The molecule has 1 rings (SSSR count). The van der Waals surface area contributed by atoms with Gasteiger partial charge in [0.15, 0.2) is 0 Å². The third kappa shape index (κ3) is 2.75. The molecular weight excluding hydrogens is 156 g/mol. The summed E-state index contributed by atoms with van der Waals surface area (Å²) >= 11 is 0. The molecule has 0 aromatic heterocycles. The van der Waals surface area contributed by atoms with E-state index in [1.165, 1.54) is 5.56 Å². The Morgan fingerprint density at radius 1 is 1.08 bits per heavy atom. The lowest BCUT2D eigenvalue weighted by Crippen LogP contribution is -1.88. The molecule has 0 spiro atoms. The lowest BCUT2D eigenvalue weighted by molar-refractivity contribution is 1.09. The van der Waals surface area contributed by atoms with Crippen LogP contribution >= 0.6 is 0 Å². The van der Waals surface area contributed by atoms with Crippen LogP contribution in [0.15, 0.2) is 67.8 Å². The van der Waals surface area contributed by atoms with Crippen molar-refractivity contribution in [2.24, 2.45) is 0 Å². The summed E-state index contributed by atoms with van der Waals surface area (Å²) in [6, 6.07) is 10.3. The van der Waals surface area contributed by atoms with Gasteiger partial charge in [-0.25, -0.2) is 0 Å². The summed E-state index contributed by atoms with van der Waals surface area (Å²) < 4.78 is 0. The normalized spacial score (nSPS) is 12.6. The monoisotopic (exact) mass is 170 g/mol. The Labute approximate surface area is 79.9 Å². The molecule has 0 aliphatic rings. The minimum Gasteiger partial charge on any atom is -0.102 e. The summed E-state index contributed by atoms with van der Waals surface area (Å²) in [6.07, 6.45) is 7.73. The molecule has 13 heavy (non-hydrogen) atoms. The molecule has 0 saturated heterocycles. The molecule has 0 heteroatoms. The Balaban J connectivity index is 2.84. The van der Waals surface area contributed by atoms with E-state index in [1.807, 2.05) is 30.4 Å². The Morgan fingerprint density at radius 3 is 2.31 bits per heavy atom. The van der Waals surface area contributed by atoms with Gasteiger partial charge >= 0.3 is 0 Å². The quantitative estimate of drug-likeness (QED) is 0.477. The lowest BCUT2D eigenvalue weighted by atomic mass is 9.99. The maximum absolute atomic E-state index is 3.80. The van der Waals surface area contributed by atoms with E-state index >= 15 is 0 Å². The zero-order chi connectivity index (χ0) is 9.52. The molecule has 0 N–H and O–H groups in total. The summed E-state index contributed by atoms with van der Waals surface area (Å²) in [5, 5.41) is 0. The second-order valence-corrected chi connectivity index (χ2v) is 2.79. The van der Waals surface area contributed by atoms with Crippen molar-refractivity contribution in [1.82, 2.24) is 0 Å². The van der Waals surface area contributed by atoms with E-state index in [-0.39, 0.29) is 0 Å². The van der Waals surface area contributed by atoms with Crippen molar-refractivity contribution >= 4 is 0 Å². The first-order valence-electron chi connectivity index (χ1n) is 4.35. The number of allylic oxidation sites excluding steroid dienone is 4. The first kappa shape index (κ1) is 9.53. The largest absolute Gasteiger partial charge is 0.102 e. The minimum atomic E-state index is 0.291. The summed E-state index contributed by atoms with van der Waals surface area (Å²) in [7, 11) is 0. The smallest absolute Gasteiger partial charge is 0.0199 e. The molecule has 66 valence electrons. The van der Waals surface area contributed by atoms with Crippen molar-refractivity contribution in [3.63, 3.8) is 0 Å². The highest BCUT2D eigenvalue weighted by Crippen LogP contribution is 2.17. The van der Waals surface area contributed by atoms with E-state index in [1.54, 1.807) is 6.08 Å². The maximum Gasteiger partial charge on any atom is 0.0199 e. The van der Waals surface area contributed by atoms with Crippen LogP contribution in [0, 0.1) is 0 Å². The molecule has 0 radical (unpaired) electrons. The van der Waals surface area contributed by atoms with E-state index in [0.717, 1.165) is 0 Å². The number of benzene rings is 1. The highest BCUT2D eigenvalue weighted by molar-refractivity contribution is 5.28. The van der Waals surface area contributed by atoms with Crippen LogP contribution in [-0.4, -0.2) is 0 Å². The molecule has 0 saturated carbocycles. The zero-order valence-corrected chi connectivity index (χ0v) is 7.69. The third-order valence-corrected chi connectivity index (χ3v) is 1.89. The van der Waals surface area contributed by atoms with E-state index in [2.05, 4.69) is 31.4 Å². The highest BCUT2D eigenvalue weighted by Gasteiger charge is 2.00. The van der Waals surface area contributed by atoms with Gasteiger partial charge in [0, 0.05) is 5.92 Å². The fourth-order valence-electron chi connectivity index (χ4n) is 1.20. The Kier molecular flexibility index (Phi) is 3.77. The second-order valence-electron chi connectivity index (χ2n) is 2.79. The van der Waals surface area contributed by atoms with Gasteiger partial charge < -0.3 is 0 Å². The van der Waals surface area contributed by atoms with Crippen molar-refractivity contribution in [2.45, 2.75) is 5.92 Å². The lowest BCUT2D eigenvalue weighted by Gasteiger charge is -2.06. The van der Waals surface area contributed by atoms with Crippen LogP contribution in [0.3, 0.4) is 0 Å². The predicted molar refractivity (Wildman–Crippen MR) is 58.7 cm³/mol. The van der Waals surface area contributed by atoms with Gasteiger partial charge in [0.2, 0.25) is 0 Å². The average Bonchev–Trinajstić information content (AvgIpc) is 2.21. The van der Waals surface area contributed by atoms with Crippen molar-refractivity contribution in [3.05, 3.63) is 73.4 Å². The summed E-state index contributed by atoms with van der Waals surface area (Å²) in [5.74, 6) is 0.291. The van der Waals surface area contributed by atoms with Crippen molar-refractivity contribution < 1.29 is 0 Å². The molecule has 0 fully saturated rings. The topological polar surface area (TPSA) is 0 Å². The summed E-state index contributed by atoms with van der Waals surface area (Å²) in [5.41, 5.74) is 1.26. The molecule has 0 nitrogen and oxygen atoms in total. The van der Waals surface area contributed by atoms with Crippen molar-refractivity contribution in [2.75, 3.05) is 0 Å². The van der Waals surface area contributed by atoms with Gasteiger partial charge in [0.25, 0.3) is 0 Å². The van der Waals surface area contributed by atoms with Crippen molar-refractivity contribution in [1.29, 1.82) is 0 Å². The van der Waals surface area contributed by atoms with Crippen LogP contribution in [0.2, 0.25) is 0 Å². The molecule has 0 heterocycles. The van der Waals surface area contributed by atoms with Crippen LogP contribution in [0.1, 0.15) is 11.5 Å². The van der Waals surface area contributed by atoms with Crippen LogP contribution < -0.4 is 0 Å². The highest BCUT2D eigenvalue weighted by atomic mass is 14.0. The Bertz CT molecular complexity index is 293. The van der Waals surface area contributed by atoms with Gasteiger partial charge in [-0.05, 0) is 5.56 Å². The fraction of sp³-hybridized carbons (Fsp3) is 0.0769. The molecule has 0 aliphatic heterocycles. The molecule has 0 bridgehead atoms. The van der Waals surface area contributed by atoms with Gasteiger partial charge in [-0.3, -0.25) is 0 Å². The SMILES string of the molecule is C=C/C=C/C(C=C)c1ccccc1. The number of rotatable bonds is 4. The molecule has 0 aliphatic carbocycles. The fourth-order valence-corrected chi connectivity index (χ4v) is 1.20. The maximum atomic E-state index is 3.80. The molecule has 1 aromatic carbocycles. The molecule has 1 atom stereocenters. The summed E-state index contributed by atoms with van der Waals surface area (Å²) in [6.45, 7) is 7.44. The van der Waals surface area contributed by atoms with E-state index in [9.17, 15) is 0 Å². The molecule has 1 unspecified atom stereocenters. The first-order chi connectivity index (χ1) is 6.38. The first-order valence-corrected chi connectivity index (χ1v) is 4.35. The average molecular weight is 170 g/mol. The standard InChI is InChI=1S/C13H14/c1-3-5-9-12(4-2)13-10-7-6-8-11-13/h3-12H,1-2H2/b9-5+. The van der Waals surface area contributed by atoms with Gasteiger partial charge in [-0.1, -0.05) is 61.2 Å². The van der Waals surface area contributed by atoms with E-state index in [0.29, 0.717) is 5.92 Å². The molecule has 1 aromatic rings. The molecule has 0 amide bonds. The second kappa shape index (κ2) is 5.15. The van der Waals surface area contributed by atoms with E-state index < -0.39 is 0 Å². The predicted octanol–water partition coefficient (Wildman–Crippen LogP) is 3.70. The summed E-state index contributed by atoms with van der Waals surface area (Å²) in [4.78, 5) is 0. The minimum absolute atomic E-state index is 0.291. The van der Waals surface area contributed by atoms with Crippen LogP contribution in [0.5, 0.6) is 0 Å². The Hall–Kier alpha value is -1.56. The van der Waals surface area contributed by atoms with E-state index in [4.69, 9.17) is 0 Å². The molecular formula is C13H14. The number of hydrogen-bond acceptors (Lipinski definition) is 0. The van der Waals surface area contributed by atoms with Crippen LogP contribution in [-0.2, 0) is 0 Å². The van der Waals surface area contributed by atoms with Gasteiger partial charge in [0.1, 0.15) is 0 Å². The zero-order valence-electron chi connectivity index (χ0n) is 7.69. The van der Waals surface area contributed by atoms with Crippen molar-refractivity contribution in [3.8, 4) is 0 Å². The van der Waals surface area contributed by atoms with Gasteiger partial charge in [-0.15, -0.1) is 6.58 Å². The number of hydrogen-bond donors (Lipinski definition) is 0. The van der Waals surface area contributed by atoms with Crippen LogP contribution in [0.25, 0.3) is 0 Å². The van der Waals surface area contributed by atoms with Crippen LogP contribution in [0.4, 0.5) is 0 Å². The Morgan fingerprint density at radius 2 is 1.77 bits per heavy atom. The third-order valence-electron chi connectivity index (χ3n) is 1.89.